The van der Waals surface area contributed by atoms with E-state index < -0.39 is 5.97 Å². The summed E-state index contributed by atoms with van der Waals surface area (Å²) in [7, 11) is 0. The van der Waals surface area contributed by atoms with E-state index in [1.165, 1.54) is 31.8 Å². The first-order valence-corrected chi connectivity index (χ1v) is 10.2. The van der Waals surface area contributed by atoms with Gasteiger partial charge in [-0.25, -0.2) is 9.78 Å². The number of ether oxygens (including phenoxy) is 1. The number of nitrogens with zero attached hydrogens (tertiary/aromatic N) is 2. The third-order valence-electron chi connectivity index (χ3n) is 5.91. The van der Waals surface area contributed by atoms with Gasteiger partial charge in [0.25, 0.3) is 5.91 Å². The number of aromatic nitrogens is 1. The number of piperidine rings is 1. The second-order valence-electron chi connectivity index (χ2n) is 7.71. The van der Waals surface area contributed by atoms with E-state index in [0.717, 1.165) is 30.3 Å². The van der Waals surface area contributed by atoms with Gasteiger partial charge < -0.3 is 9.64 Å². The van der Waals surface area contributed by atoms with E-state index in [1.54, 1.807) is 6.08 Å². The molecule has 1 amide bonds. The molecule has 1 aliphatic carbocycles. The van der Waals surface area contributed by atoms with E-state index in [1.807, 2.05) is 41.3 Å². The van der Waals surface area contributed by atoms with Crippen LogP contribution in [0.4, 0.5) is 0 Å². The standard InChI is InChI=1S/C23H26N2O3/c26-22(25-15-5-8-18-7-2-4-10-21(18)25)16-28-23(27)14-13-19-12-11-17-6-1-3-9-20(17)24-19/h1,3,6,9,11-14,18,21H,2,4-5,7-8,10,15-16H2/b14-13+/t18-,21+/m1/s1. The minimum atomic E-state index is -0.513. The van der Waals surface area contributed by atoms with Gasteiger partial charge in [0.05, 0.1) is 11.2 Å². The molecule has 146 valence electrons. The second kappa shape index (κ2) is 8.55. The van der Waals surface area contributed by atoms with Crippen molar-refractivity contribution in [3.63, 3.8) is 0 Å². The summed E-state index contributed by atoms with van der Waals surface area (Å²) in [5.74, 6) is 0.0451. The molecule has 5 nitrogen and oxygen atoms in total. The first-order chi connectivity index (χ1) is 13.7. The Morgan fingerprint density at radius 3 is 2.82 bits per heavy atom. The number of pyridine rings is 1. The van der Waals surface area contributed by atoms with E-state index in [9.17, 15) is 9.59 Å². The lowest BCUT2D eigenvalue weighted by molar-refractivity contribution is -0.151. The number of fused-ring (bicyclic) bond motifs is 2. The van der Waals surface area contributed by atoms with Crippen LogP contribution in [0.2, 0.25) is 0 Å². The molecular formula is C23H26N2O3. The topological polar surface area (TPSA) is 59.5 Å². The number of para-hydroxylation sites is 1. The number of likely N-dealkylation sites (tertiary alicyclic amines) is 1. The SMILES string of the molecule is O=C(/C=C/c1ccc2ccccc2n1)OCC(=O)N1CCC[C@H]2CCCC[C@@H]21. The van der Waals surface area contributed by atoms with Crippen molar-refractivity contribution in [3.05, 3.63) is 48.2 Å². The summed E-state index contributed by atoms with van der Waals surface area (Å²) in [5.41, 5.74) is 1.56. The van der Waals surface area contributed by atoms with Crippen molar-refractivity contribution in [2.75, 3.05) is 13.2 Å². The van der Waals surface area contributed by atoms with Crippen LogP contribution < -0.4 is 0 Å². The number of carbonyl (C=O) groups is 2. The molecule has 28 heavy (non-hydrogen) atoms. The van der Waals surface area contributed by atoms with Gasteiger partial charge in [0.1, 0.15) is 0 Å². The van der Waals surface area contributed by atoms with Gasteiger partial charge >= 0.3 is 5.97 Å². The average Bonchev–Trinajstić information content (AvgIpc) is 2.75. The van der Waals surface area contributed by atoms with E-state index in [4.69, 9.17) is 4.74 Å². The zero-order valence-corrected chi connectivity index (χ0v) is 16.0. The second-order valence-corrected chi connectivity index (χ2v) is 7.71. The molecule has 0 spiro atoms. The Bertz CT molecular complexity index is 890. The van der Waals surface area contributed by atoms with Crippen molar-refractivity contribution in [1.29, 1.82) is 0 Å². The summed E-state index contributed by atoms with van der Waals surface area (Å²) in [5, 5.41) is 1.05. The van der Waals surface area contributed by atoms with E-state index in [2.05, 4.69) is 4.98 Å². The molecule has 2 fully saturated rings. The normalized spacial score (nSPS) is 22.2. The fourth-order valence-electron chi connectivity index (χ4n) is 4.53. The maximum absolute atomic E-state index is 12.6. The highest BCUT2D eigenvalue weighted by Crippen LogP contribution is 2.35. The Labute approximate surface area is 165 Å². The molecule has 0 unspecified atom stereocenters. The summed E-state index contributed by atoms with van der Waals surface area (Å²) in [4.78, 5) is 31.1. The molecule has 0 radical (unpaired) electrons. The van der Waals surface area contributed by atoms with Crippen molar-refractivity contribution in [3.8, 4) is 0 Å². The van der Waals surface area contributed by atoms with Gasteiger partial charge in [0.15, 0.2) is 6.61 Å². The Morgan fingerprint density at radius 1 is 1.07 bits per heavy atom. The van der Waals surface area contributed by atoms with Crippen LogP contribution in [0, 0.1) is 5.92 Å². The van der Waals surface area contributed by atoms with Crippen LogP contribution in [0.3, 0.4) is 0 Å². The predicted molar refractivity (Wildman–Crippen MR) is 108 cm³/mol. The molecule has 1 aromatic heterocycles. The van der Waals surface area contributed by atoms with Crippen molar-refractivity contribution < 1.29 is 14.3 Å². The number of amides is 1. The Kier molecular flexibility index (Phi) is 5.70. The maximum atomic E-state index is 12.6. The Morgan fingerprint density at radius 2 is 1.89 bits per heavy atom. The molecule has 2 heterocycles. The smallest absolute Gasteiger partial charge is 0.331 e. The lowest BCUT2D eigenvalue weighted by Crippen LogP contribution is -2.50. The number of benzene rings is 1. The third kappa shape index (κ3) is 4.24. The number of carbonyl (C=O) groups excluding carboxylic acids is 2. The van der Waals surface area contributed by atoms with Gasteiger partial charge in [0, 0.05) is 24.0 Å². The maximum Gasteiger partial charge on any atom is 0.331 e. The van der Waals surface area contributed by atoms with Crippen LogP contribution >= 0.6 is 0 Å². The molecule has 2 aliphatic rings. The summed E-state index contributed by atoms with van der Waals surface area (Å²) in [6.07, 6.45) is 9.98. The number of hydrogen-bond donors (Lipinski definition) is 0. The van der Waals surface area contributed by atoms with Crippen molar-refractivity contribution >= 4 is 28.9 Å². The van der Waals surface area contributed by atoms with Crippen molar-refractivity contribution in [2.24, 2.45) is 5.92 Å². The molecule has 2 aromatic rings. The fraction of sp³-hybridized carbons (Fsp3) is 0.435. The Balaban J connectivity index is 1.32. The van der Waals surface area contributed by atoms with Crippen molar-refractivity contribution in [1.82, 2.24) is 9.88 Å². The highest BCUT2D eigenvalue weighted by Gasteiger charge is 2.35. The van der Waals surface area contributed by atoms with Gasteiger partial charge in [-0.2, -0.15) is 0 Å². The first kappa shape index (κ1) is 18.7. The van der Waals surface area contributed by atoms with Gasteiger partial charge in [-0.15, -0.1) is 0 Å². The zero-order valence-electron chi connectivity index (χ0n) is 16.0. The molecule has 0 N–H and O–H groups in total. The summed E-state index contributed by atoms with van der Waals surface area (Å²) >= 11 is 0. The van der Waals surface area contributed by atoms with Crippen LogP contribution in [0.15, 0.2) is 42.5 Å². The van der Waals surface area contributed by atoms with Crippen LogP contribution in [0.25, 0.3) is 17.0 Å². The minimum Gasteiger partial charge on any atom is -0.452 e. The fourth-order valence-corrected chi connectivity index (χ4v) is 4.53. The first-order valence-electron chi connectivity index (χ1n) is 10.2. The number of esters is 1. The highest BCUT2D eigenvalue weighted by atomic mass is 16.5. The lowest BCUT2D eigenvalue weighted by Gasteiger charge is -2.44. The van der Waals surface area contributed by atoms with Crippen LogP contribution in [-0.2, 0) is 14.3 Å². The van der Waals surface area contributed by atoms with E-state index in [0.29, 0.717) is 17.7 Å². The van der Waals surface area contributed by atoms with Crippen molar-refractivity contribution in [2.45, 2.75) is 44.6 Å². The largest absolute Gasteiger partial charge is 0.452 e. The molecular weight excluding hydrogens is 352 g/mol. The summed E-state index contributed by atoms with van der Waals surface area (Å²) < 4.78 is 5.20. The number of hydrogen-bond acceptors (Lipinski definition) is 4. The van der Waals surface area contributed by atoms with Crippen LogP contribution in [0.1, 0.15) is 44.2 Å². The predicted octanol–water partition coefficient (Wildman–Crippen LogP) is 3.97. The molecule has 1 aliphatic heterocycles. The zero-order chi connectivity index (χ0) is 19.3. The van der Waals surface area contributed by atoms with Crippen LogP contribution in [-0.4, -0.2) is 41.0 Å². The molecule has 4 rings (SSSR count). The summed E-state index contributed by atoms with van der Waals surface area (Å²) in [6, 6.07) is 12.0. The highest BCUT2D eigenvalue weighted by molar-refractivity contribution is 5.89. The molecule has 0 bridgehead atoms. The minimum absolute atomic E-state index is 0.0674. The van der Waals surface area contributed by atoms with Gasteiger partial charge in [-0.1, -0.05) is 37.1 Å². The third-order valence-corrected chi connectivity index (χ3v) is 5.91. The van der Waals surface area contributed by atoms with E-state index >= 15 is 0 Å². The monoisotopic (exact) mass is 378 g/mol. The lowest BCUT2D eigenvalue weighted by atomic mass is 9.78. The number of rotatable bonds is 4. The van der Waals surface area contributed by atoms with Gasteiger partial charge in [-0.3, -0.25) is 4.79 Å². The van der Waals surface area contributed by atoms with Gasteiger partial charge in [-0.05, 0) is 49.8 Å². The summed E-state index contributed by atoms with van der Waals surface area (Å²) in [6.45, 7) is 0.603. The average molecular weight is 378 g/mol. The molecule has 5 heteroatoms. The van der Waals surface area contributed by atoms with Gasteiger partial charge in [0.2, 0.25) is 0 Å². The molecule has 2 atom stereocenters. The molecule has 1 saturated heterocycles. The van der Waals surface area contributed by atoms with E-state index in [-0.39, 0.29) is 12.5 Å². The Hall–Kier alpha value is -2.69. The molecule has 1 aromatic carbocycles. The van der Waals surface area contributed by atoms with Crippen LogP contribution in [0.5, 0.6) is 0 Å². The quantitative estimate of drug-likeness (QED) is 0.597. The molecule has 1 saturated carbocycles.